The van der Waals surface area contributed by atoms with Gasteiger partial charge in [0.05, 0.1) is 0 Å². The largest absolute Gasteiger partial charge is 0.483 e. The molecule has 0 amide bonds. The first-order valence-electron chi connectivity index (χ1n) is 0.494. The lowest BCUT2D eigenvalue weighted by Gasteiger charge is -1.34. The molecule has 0 aromatic rings. The lowest BCUT2D eigenvalue weighted by atomic mass is 11.7. The molecule has 0 radical (unpaired) electrons. The fraction of sp³-hybridized carbons (Fsp3) is 0. The molecule has 0 aromatic carbocycles. The molecule has 0 saturated carbocycles. The summed E-state index contributed by atoms with van der Waals surface area (Å²) < 4.78 is 0. The Morgan fingerprint density at radius 2 is 0.875 bits per heavy atom. The van der Waals surface area contributed by atoms with Crippen LogP contribution in [0.2, 0.25) is 0 Å². The van der Waals surface area contributed by atoms with Gasteiger partial charge < -0.3 is 32.5 Å². The maximum absolute atomic E-state index is 8.36. The van der Waals surface area contributed by atoms with Crippen LogP contribution in [0.5, 0.6) is 0 Å². The van der Waals surface area contributed by atoms with Crippen molar-refractivity contribution in [2.24, 2.45) is 0 Å². The van der Waals surface area contributed by atoms with Crippen molar-refractivity contribution in [3.63, 3.8) is 0 Å². The Morgan fingerprint density at radius 1 is 0.875 bits per heavy atom. The van der Waals surface area contributed by atoms with Gasteiger partial charge in [0.25, 0.3) is 6.47 Å². The summed E-state index contributed by atoms with van der Waals surface area (Å²) in [6, 6.07) is 0. The normalized spacial score (nSPS) is 1.50. The van der Waals surface area contributed by atoms with Crippen LogP contribution in [0.25, 0.3) is 0 Å². The first kappa shape index (κ1) is 177. The number of hydrogen-bond donors (Lipinski definition) is 1. The van der Waals surface area contributed by atoms with Gasteiger partial charge in [-0.25, -0.2) is 0 Å². The summed E-state index contributed by atoms with van der Waals surface area (Å²) in [6.45, 7) is -0.250. The molecule has 0 fully saturated rings. The van der Waals surface area contributed by atoms with Crippen LogP contribution >= 0.6 is 0 Å². The summed E-state index contributed by atoms with van der Waals surface area (Å²) in [7, 11) is 0. The van der Waals surface area contributed by atoms with E-state index in [4.69, 9.17) is 9.90 Å². The predicted molar refractivity (Wildman–Crippen MR) is 26.8 cm³/mol. The second-order valence-electron chi connectivity index (χ2n) is 0.105. The van der Waals surface area contributed by atoms with Crippen LogP contribution in [0.1, 0.15) is 0 Å². The summed E-state index contributed by atoms with van der Waals surface area (Å²) >= 11 is 0. The van der Waals surface area contributed by atoms with Gasteiger partial charge in [-0.15, -0.1) is 0 Å². The molecule has 0 aliphatic carbocycles. The zero-order chi connectivity index (χ0) is 2.71. The van der Waals surface area contributed by atoms with E-state index in [1.165, 1.54) is 0 Å². The smallest absolute Gasteiger partial charge is 0.290 e. The number of carbonyl (C=O) groups is 1. The molecule has 0 saturated heterocycles. The SMILES string of the molecule is O.O.O.O.O.O=CO. The van der Waals surface area contributed by atoms with E-state index in [9.17, 15) is 0 Å². The minimum Gasteiger partial charge on any atom is -0.483 e. The molecule has 0 heterocycles. The molecule has 0 atom stereocenters. The fourth-order valence-corrected chi connectivity index (χ4v) is 0. The summed E-state index contributed by atoms with van der Waals surface area (Å²) in [4.78, 5) is 8.36. The molecule has 0 aliphatic heterocycles. The van der Waals surface area contributed by atoms with Gasteiger partial charge in [0.2, 0.25) is 0 Å². The van der Waals surface area contributed by atoms with E-state index >= 15 is 0 Å². The summed E-state index contributed by atoms with van der Waals surface area (Å²) in [6.07, 6.45) is 0. The number of rotatable bonds is 0. The minimum absolute atomic E-state index is 0. The third kappa shape index (κ3) is 180. The highest BCUT2D eigenvalue weighted by Gasteiger charge is 1.22. The van der Waals surface area contributed by atoms with Gasteiger partial charge in [0.1, 0.15) is 0 Å². The molecule has 0 bridgehead atoms. The van der Waals surface area contributed by atoms with Gasteiger partial charge in [-0.05, 0) is 0 Å². The summed E-state index contributed by atoms with van der Waals surface area (Å²) in [5.74, 6) is 0. The molecule has 58 valence electrons. The summed E-state index contributed by atoms with van der Waals surface area (Å²) in [5, 5.41) is 6.89. The molecule has 0 spiro atoms. The highest BCUT2D eigenvalue weighted by atomic mass is 16.3. The number of hydrogen-bond acceptors (Lipinski definition) is 1. The molecule has 0 aromatic heterocycles. The van der Waals surface area contributed by atoms with Gasteiger partial charge in [-0.2, -0.15) is 0 Å². The van der Waals surface area contributed by atoms with Crippen LogP contribution in [0.3, 0.4) is 0 Å². The van der Waals surface area contributed by atoms with Crippen LogP contribution in [0.4, 0.5) is 0 Å². The van der Waals surface area contributed by atoms with E-state index in [1.54, 1.807) is 0 Å². The molecule has 0 aliphatic rings. The second kappa shape index (κ2) is 2390. The molecule has 7 heteroatoms. The minimum atomic E-state index is -0.250. The predicted octanol–water partition coefficient (Wildman–Crippen LogP) is -4.42. The topological polar surface area (TPSA) is 195 Å². The molecular weight excluding hydrogens is 124 g/mol. The lowest BCUT2D eigenvalue weighted by molar-refractivity contribution is -0.122. The Hall–Kier alpha value is -0.730. The highest BCUT2D eigenvalue weighted by Crippen LogP contribution is 0.966. The zero-order valence-electron chi connectivity index (χ0n) is 3.93. The average molecular weight is 136 g/mol. The van der Waals surface area contributed by atoms with E-state index in [0.29, 0.717) is 0 Å². The monoisotopic (exact) mass is 136 g/mol. The summed E-state index contributed by atoms with van der Waals surface area (Å²) in [5.41, 5.74) is 0. The molecule has 8 heavy (non-hydrogen) atoms. The van der Waals surface area contributed by atoms with Gasteiger partial charge in [0, 0.05) is 0 Å². The second-order valence-corrected chi connectivity index (χ2v) is 0.105. The van der Waals surface area contributed by atoms with Crippen molar-refractivity contribution in [2.45, 2.75) is 0 Å². The van der Waals surface area contributed by atoms with Crippen LogP contribution in [-0.2, 0) is 4.79 Å². The number of carboxylic acid groups (broad SMARTS) is 1. The Balaban J connectivity index is -0.00000000200. The van der Waals surface area contributed by atoms with Crippen molar-refractivity contribution >= 4 is 6.47 Å². The van der Waals surface area contributed by atoms with Crippen molar-refractivity contribution in [3.05, 3.63) is 0 Å². The van der Waals surface area contributed by atoms with E-state index in [1.807, 2.05) is 0 Å². The Labute approximate surface area is 45.1 Å². The van der Waals surface area contributed by atoms with Crippen molar-refractivity contribution in [2.75, 3.05) is 0 Å². The van der Waals surface area contributed by atoms with Crippen molar-refractivity contribution in [1.82, 2.24) is 0 Å². The van der Waals surface area contributed by atoms with Crippen LogP contribution < -0.4 is 0 Å². The maximum atomic E-state index is 8.36. The van der Waals surface area contributed by atoms with Gasteiger partial charge >= 0.3 is 0 Å². The van der Waals surface area contributed by atoms with E-state index in [-0.39, 0.29) is 33.9 Å². The van der Waals surface area contributed by atoms with Crippen molar-refractivity contribution < 1.29 is 37.3 Å². The molecule has 7 nitrogen and oxygen atoms in total. The maximum Gasteiger partial charge on any atom is 0.290 e. The van der Waals surface area contributed by atoms with Gasteiger partial charge in [-0.3, -0.25) is 4.79 Å². The standard InChI is InChI=1S/CH2O2.5H2O/c2-1-3;;;;;/h1H,(H,2,3);5*1H2. The third-order valence-electron chi connectivity index (χ3n) is 0. The van der Waals surface area contributed by atoms with Crippen LogP contribution in [-0.4, -0.2) is 39.0 Å². The van der Waals surface area contributed by atoms with Crippen LogP contribution in [0, 0.1) is 0 Å². The zero-order valence-corrected chi connectivity index (χ0v) is 3.93. The van der Waals surface area contributed by atoms with E-state index in [0.717, 1.165) is 0 Å². The Bertz CT molecular complexity index is 11.9. The Kier molecular flexibility index (Phi) is 52900. The molecule has 0 unspecified atom stereocenters. The molecule has 11 N–H and O–H groups in total. The van der Waals surface area contributed by atoms with E-state index in [2.05, 4.69) is 0 Å². The van der Waals surface area contributed by atoms with E-state index < -0.39 is 0 Å². The molecule has 0 rings (SSSR count). The van der Waals surface area contributed by atoms with Crippen LogP contribution in [0.15, 0.2) is 0 Å². The van der Waals surface area contributed by atoms with Crippen molar-refractivity contribution in [3.8, 4) is 0 Å². The lowest BCUT2D eigenvalue weighted by Crippen LogP contribution is -1.49. The van der Waals surface area contributed by atoms with Crippen molar-refractivity contribution in [1.29, 1.82) is 0 Å². The van der Waals surface area contributed by atoms with Gasteiger partial charge in [-0.1, -0.05) is 0 Å². The Morgan fingerprint density at radius 3 is 0.875 bits per heavy atom. The molecular formula is CH12O7. The fourth-order valence-electron chi connectivity index (χ4n) is 0. The third-order valence-corrected chi connectivity index (χ3v) is 0. The first-order chi connectivity index (χ1) is 1.41. The highest BCUT2D eigenvalue weighted by molar-refractivity contribution is 5.32. The first-order valence-corrected chi connectivity index (χ1v) is 0.494. The quantitative estimate of drug-likeness (QED) is 0.328. The average Bonchev–Trinajstić information content (AvgIpc) is 0.918. The van der Waals surface area contributed by atoms with Gasteiger partial charge in [0.15, 0.2) is 0 Å².